The van der Waals surface area contributed by atoms with Crippen molar-refractivity contribution >= 4 is 0 Å². The van der Waals surface area contributed by atoms with E-state index in [1.165, 1.54) is 38.8 Å². The van der Waals surface area contributed by atoms with Crippen LogP contribution in [0.4, 0.5) is 0 Å². The molecule has 3 fully saturated rings. The van der Waals surface area contributed by atoms with Crippen molar-refractivity contribution in [3.8, 4) is 0 Å². The number of rotatable bonds is 0. The first kappa shape index (κ1) is 10.5. The third kappa shape index (κ3) is 1.46. The van der Waals surface area contributed by atoms with Crippen molar-refractivity contribution in [3.05, 3.63) is 12.2 Å². The number of piperidine rings is 2. The molecule has 0 aromatic heterocycles. The van der Waals surface area contributed by atoms with Crippen molar-refractivity contribution in [2.75, 3.05) is 26.7 Å². The van der Waals surface area contributed by atoms with Gasteiger partial charge < -0.3 is 15.0 Å². The lowest BCUT2D eigenvalue weighted by molar-refractivity contribution is -0.0321. The van der Waals surface area contributed by atoms with Gasteiger partial charge in [-0.1, -0.05) is 12.2 Å². The van der Waals surface area contributed by atoms with Gasteiger partial charge in [-0.2, -0.15) is 0 Å². The van der Waals surface area contributed by atoms with Crippen molar-refractivity contribution in [1.82, 2.24) is 10.2 Å². The highest BCUT2D eigenvalue weighted by molar-refractivity contribution is 5.24. The summed E-state index contributed by atoms with van der Waals surface area (Å²) < 4.78 is 6.13. The Hall–Kier alpha value is -0.380. The fraction of sp³-hybridized carbons (Fsp3) is 0.857. The molecule has 0 aromatic carbocycles. The Balaban J connectivity index is 1.54. The second-order valence-corrected chi connectivity index (χ2v) is 6.54. The molecule has 0 unspecified atom stereocenters. The monoisotopic (exact) mass is 234 g/mol. The van der Waals surface area contributed by atoms with Gasteiger partial charge >= 0.3 is 0 Å². The van der Waals surface area contributed by atoms with Crippen LogP contribution in [0.3, 0.4) is 0 Å². The smallest absolute Gasteiger partial charge is 0.102 e. The maximum atomic E-state index is 6.13. The number of likely N-dealkylation sites (tertiary alicyclic amines) is 1. The van der Waals surface area contributed by atoms with E-state index in [0.29, 0.717) is 11.6 Å². The van der Waals surface area contributed by atoms with Crippen LogP contribution in [0.1, 0.15) is 25.7 Å². The van der Waals surface area contributed by atoms with Gasteiger partial charge in [0.15, 0.2) is 0 Å². The Morgan fingerprint density at radius 2 is 2.18 bits per heavy atom. The molecule has 4 heterocycles. The zero-order chi connectivity index (χ0) is 11.5. The van der Waals surface area contributed by atoms with Crippen LogP contribution in [0.5, 0.6) is 0 Å². The van der Waals surface area contributed by atoms with Gasteiger partial charge in [0.05, 0.1) is 6.10 Å². The van der Waals surface area contributed by atoms with Gasteiger partial charge in [-0.05, 0) is 51.7 Å². The molecule has 3 atom stereocenters. The van der Waals surface area contributed by atoms with Crippen LogP contribution in [0.15, 0.2) is 12.2 Å². The minimum atomic E-state index is 0.0687. The minimum absolute atomic E-state index is 0.0687. The molecule has 1 N–H and O–H groups in total. The summed E-state index contributed by atoms with van der Waals surface area (Å²) in [4.78, 5) is 2.45. The van der Waals surface area contributed by atoms with E-state index in [1.807, 2.05) is 0 Å². The number of nitrogens with zero attached hydrogens (tertiary/aromatic N) is 1. The lowest BCUT2D eigenvalue weighted by Crippen LogP contribution is -2.63. The molecule has 3 saturated heterocycles. The van der Waals surface area contributed by atoms with Crippen LogP contribution < -0.4 is 5.32 Å². The molecule has 4 aliphatic rings. The molecule has 4 aliphatic heterocycles. The summed E-state index contributed by atoms with van der Waals surface area (Å²) in [7, 11) is 2.24. The summed E-state index contributed by atoms with van der Waals surface area (Å²) in [6, 6.07) is 0. The predicted octanol–water partition coefficient (Wildman–Crippen LogP) is 1.16. The molecule has 17 heavy (non-hydrogen) atoms. The van der Waals surface area contributed by atoms with Gasteiger partial charge in [0.25, 0.3) is 0 Å². The van der Waals surface area contributed by atoms with Gasteiger partial charge in [0, 0.05) is 12.1 Å². The molecule has 2 spiro atoms. The summed E-state index contributed by atoms with van der Waals surface area (Å²) >= 11 is 0. The van der Waals surface area contributed by atoms with Crippen molar-refractivity contribution in [1.29, 1.82) is 0 Å². The number of hydrogen-bond acceptors (Lipinski definition) is 3. The number of ether oxygens (including phenoxy) is 1. The summed E-state index contributed by atoms with van der Waals surface area (Å²) in [6.07, 6.45) is 10.2. The van der Waals surface area contributed by atoms with Crippen molar-refractivity contribution in [3.63, 3.8) is 0 Å². The summed E-state index contributed by atoms with van der Waals surface area (Å²) in [6.45, 7) is 3.52. The van der Waals surface area contributed by atoms with Crippen LogP contribution in [0.2, 0.25) is 0 Å². The van der Waals surface area contributed by atoms with E-state index in [4.69, 9.17) is 4.74 Å². The number of fused-ring (bicyclic) bond motifs is 1. The zero-order valence-corrected chi connectivity index (χ0v) is 10.6. The molecule has 4 rings (SSSR count). The van der Waals surface area contributed by atoms with Crippen LogP contribution in [-0.4, -0.2) is 48.8 Å². The molecular weight excluding hydrogens is 212 g/mol. The largest absolute Gasteiger partial charge is 0.362 e. The first-order chi connectivity index (χ1) is 8.20. The number of hydrogen-bond donors (Lipinski definition) is 1. The standard InChI is InChI=1S/C14H22N2O/c1-16-6-4-13(5-7-16)9-11-8-12-2-3-14(11,17-12)10-15-13/h2-3,11-12,15H,4-10H2,1H3/t11-,12+,14+/m0/s1. The van der Waals surface area contributed by atoms with E-state index in [0.717, 1.165) is 12.5 Å². The maximum Gasteiger partial charge on any atom is 0.102 e. The summed E-state index contributed by atoms with van der Waals surface area (Å²) in [5.74, 6) is 0.766. The SMILES string of the molecule is CN1CCC2(CC1)C[C@@H]1C[C@H]3C=C[C@]1(CN2)O3. The topological polar surface area (TPSA) is 24.5 Å². The van der Waals surface area contributed by atoms with E-state index in [9.17, 15) is 0 Å². The second-order valence-electron chi connectivity index (χ2n) is 6.54. The highest BCUT2D eigenvalue weighted by Gasteiger charge is 2.56. The Bertz CT molecular complexity index is 359. The third-order valence-corrected chi connectivity index (χ3v) is 5.49. The third-order valence-electron chi connectivity index (χ3n) is 5.49. The van der Waals surface area contributed by atoms with Gasteiger partial charge in [-0.3, -0.25) is 0 Å². The maximum absolute atomic E-state index is 6.13. The van der Waals surface area contributed by atoms with Crippen molar-refractivity contribution in [2.24, 2.45) is 5.92 Å². The lowest BCUT2D eigenvalue weighted by Gasteiger charge is -2.50. The molecular formula is C14H22N2O. The minimum Gasteiger partial charge on any atom is -0.362 e. The fourth-order valence-electron chi connectivity index (χ4n) is 4.27. The van der Waals surface area contributed by atoms with E-state index in [1.54, 1.807) is 0 Å². The molecule has 94 valence electrons. The second kappa shape index (κ2) is 3.34. The predicted molar refractivity (Wildman–Crippen MR) is 66.9 cm³/mol. The molecule has 3 heteroatoms. The van der Waals surface area contributed by atoms with E-state index >= 15 is 0 Å². The molecule has 3 nitrogen and oxygen atoms in total. The molecule has 0 amide bonds. The zero-order valence-electron chi connectivity index (χ0n) is 10.6. The van der Waals surface area contributed by atoms with E-state index < -0.39 is 0 Å². The Labute approximate surface area is 103 Å². The highest BCUT2D eigenvalue weighted by Crippen LogP contribution is 2.50. The number of nitrogens with one attached hydrogen (secondary N) is 1. The van der Waals surface area contributed by atoms with Crippen LogP contribution in [-0.2, 0) is 4.74 Å². The van der Waals surface area contributed by atoms with E-state index in [-0.39, 0.29) is 5.60 Å². The molecule has 0 radical (unpaired) electrons. The van der Waals surface area contributed by atoms with Crippen molar-refractivity contribution < 1.29 is 4.74 Å². The first-order valence-corrected chi connectivity index (χ1v) is 7.01. The van der Waals surface area contributed by atoms with E-state index in [2.05, 4.69) is 29.4 Å². The first-order valence-electron chi connectivity index (χ1n) is 7.01. The summed E-state index contributed by atoms with van der Waals surface area (Å²) in [5, 5.41) is 3.84. The molecule has 2 bridgehead atoms. The van der Waals surface area contributed by atoms with Crippen LogP contribution >= 0.6 is 0 Å². The van der Waals surface area contributed by atoms with Gasteiger partial charge in [-0.15, -0.1) is 0 Å². The normalized spacial score (nSPS) is 47.6. The Kier molecular flexibility index (Phi) is 2.07. The fourth-order valence-corrected chi connectivity index (χ4v) is 4.27. The Morgan fingerprint density at radius 1 is 1.35 bits per heavy atom. The quantitative estimate of drug-likeness (QED) is 0.637. The van der Waals surface area contributed by atoms with Crippen molar-refractivity contribution in [2.45, 2.75) is 42.9 Å². The van der Waals surface area contributed by atoms with Gasteiger partial charge in [0.2, 0.25) is 0 Å². The lowest BCUT2D eigenvalue weighted by atomic mass is 9.68. The molecule has 0 aliphatic carbocycles. The average Bonchev–Trinajstić information content (AvgIpc) is 2.89. The summed E-state index contributed by atoms with van der Waals surface area (Å²) in [5.41, 5.74) is 0.489. The molecule has 0 saturated carbocycles. The Morgan fingerprint density at radius 3 is 2.94 bits per heavy atom. The van der Waals surface area contributed by atoms with Gasteiger partial charge in [0.1, 0.15) is 5.60 Å². The van der Waals surface area contributed by atoms with Crippen LogP contribution in [0, 0.1) is 5.92 Å². The van der Waals surface area contributed by atoms with Gasteiger partial charge in [-0.25, -0.2) is 0 Å². The van der Waals surface area contributed by atoms with Crippen LogP contribution in [0.25, 0.3) is 0 Å². The highest BCUT2D eigenvalue weighted by atomic mass is 16.5. The average molecular weight is 234 g/mol. The molecule has 0 aromatic rings.